The molecule has 0 fully saturated rings. The maximum absolute atomic E-state index is 13.0. The van der Waals surface area contributed by atoms with Crippen molar-refractivity contribution < 1.29 is 39.6 Å². The lowest BCUT2D eigenvalue weighted by molar-refractivity contribution is -0.374. The molecule has 2 atom stereocenters. The first kappa shape index (κ1) is 18.7. The zero-order chi connectivity index (χ0) is 15.5. The van der Waals surface area contributed by atoms with Gasteiger partial charge in [0.2, 0.25) is 0 Å². The Morgan fingerprint density at radius 1 is 1.05 bits per heavy atom. The quantitative estimate of drug-likeness (QED) is 0.527. The van der Waals surface area contributed by atoms with Crippen LogP contribution in [0.25, 0.3) is 0 Å². The zero-order valence-corrected chi connectivity index (χ0v) is 11.9. The van der Waals surface area contributed by atoms with Gasteiger partial charge in [-0.15, -0.1) is 0 Å². The van der Waals surface area contributed by atoms with E-state index in [2.05, 4.69) is 8.85 Å². The number of alkyl halides is 6. The van der Waals surface area contributed by atoms with Crippen LogP contribution in [-0.2, 0) is 13.3 Å². The van der Waals surface area contributed by atoms with Gasteiger partial charge in [0.1, 0.15) is 0 Å². The van der Waals surface area contributed by atoms with Gasteiger partial charge in [0.25, 0.3) is 0 Å². The van der Waals surface area contributed by atoms with Crippen LogP contribution < -0.4 is 0 Å². The van der Waals surface area contributed by atoms with Crippen LogP contribution in [0.1, 0.15) is 27.7 Å². The molecule has 0 aromatic carbocycles. The number of hydrogen-bond donors (Lipinski definition) is 0. The van der Waals surface area contributed by atoms with Crippen LogP contribution in [0.3, 0.4) is 0 Å². The summed E-state index contributed by atoms with van der Waals surface area (Å²) in [5.41, 5.74) is -0.973. The molecule has 0 aromatic heterocycles. The van der Waals surface area contributed by atoms with Crippen molar-refractivity contribution in [1.29, 1.82) is 0 Å². The molecule has 0 rings (SSSR count). The molecule has 0 spiro atoms. The summed E-state index contributed by atoms with van der Waals surface area (Å²) >= 11 is 0. The normalized spacial score (nSPS) is 18.5. The average molecular weight is 314 g/mol. The molecular formula is C9H16F6O3Si. The third-order valence-corrected chi connectivity index (χ3v) is 5.28. The lowest BCUT2D eigenvalue weighted by Crippen LogP contribution is -2.57. The molecule has 0 aliphatic carbocycles. The molecule has 0 bridgehead atoms. The lowest BCUT2D eigenvalue weighted by atomic mass is 10.6. The summed E-state index contributed by atoms with van der Waals surface area (Å²) in [6, 6.07) is 0. The van der Waals surface area contributed by atoms with Gasteiger partial charge in [-0.05, 0) is 13.8 Å². The Morgan fingerprint density at radius 3 is 1.79 bits per heavy atom. The molecule has 0 aliphatic rings. The average Bonchev–Trinajstić information content (AvgIpc) is 2.13. The molecule has 0 amide bonds. The summed E-state index contributed by atoms with van der Waals surface area (Å²) < 4.78 is 88.4. The van der Waals surface area contributed by atoms with E-state index in [-0.39, 0.29) is 6.61 Å². The molecule has 0 N–H and O–H groups in total. The number of hydrogen-bond acceptors (Lipinski definition) is 3. The van der Waals surface area contributed by atoms with E-state index in [0.717, 1.165) is 6.92 Å². The Morgan fingerprint density at radius 2 is 1.53 bits per heavy atom. The van der Waals surface area contributed by atoms with Crippen LogP contribution in [0.5, 0.6) is 0 Å². The monoisotopic (exact) mass is 314 g/mol. The third-order valence-electron chi connectivity index (χ3n) is 1.98. The second kappa shape index (κ2) is 6.42. The molecule has 0 heterocycles. The van der Waals surface area contributed by atoms with Gasteiger partial charge in [-0.25, -0.2) is 4.39 Å². The molecule has 0 aromatic rings. The molecule has 0 radical (unpaired) electrons. The fraction of sp³-hybridized carbons (Fsp3) is 1.00. The summed E-state index contributed by atoms with van der Waals surface area (Å²) in [5, 5.41) is 0. The van der Waals surface area contributed by atoms with Gasteiger partial charge in [-0.1, -0.05) is 13.8 Å². The van der Waals surface area contributed by atoms with Crippen LogP contribution in [0.15, 0.2) is 0 Å². The van der Waals surface area contributed by atoms with Crippen molar-refractivity contribution in [3.05, 3.63) is 0 Å². The van der Waals surface area contributed by atoms with E-state index >= 15 is 0 Å². The van der Waals surface area contributed by atoms with Gasteiger partial charge in [0.05, 0.1) is 0 Å². The number of rotatable bonds is 7. The highest BCUT2D eigenvalue weighted by Gasteiger charge is 2.66. The third kappa shape index (κ3) is 4.93. The standard InChI is InChI=1S/C9H16F6O3Si/c1-5-16-19(6(2)3,17-7(4)10)18-9(14,15)8(11,12)13/h6-7H,5H2,1-4H3. The van der Waals surface area contributed by atoms with E-state index in [1.165, 1.54) is 20.8 Å². The first-order valence-electron chi connectivity index (χ1n) is 5.48. The Labute approximate surface area is 108 Å². The van der Waals surface area contributed by atoms with Crippen molar-refractivity contribution in [3.8, 4) is 0 Å². The maximum atomic E-state index is 13.0. The van der Waals surface area contributed by atoms with E-state index in [4.69, 9.17) is 4.43 Å². The predicted molar refractivity (Wildman–Crippen MR) is 56.2 cm³/mol. The molecular weight excluding hydrogens is 298 g/mol. The van der Waals surface area contributed by atoms with Gasteiger partial charge < -0.3 is 13.3 Å². The van der Waals surface area contributed by atoms with Crippen LogP contribution in [-0.4, -0.2) is 34.1 Å². The molecule has 10 heteroatoms. The van der Waals surface area contributed by atoms with Crippen molar-refractivity contribution >= 4 is 8.80 Å². The first-order chi connectivity index (χ1) is 8.38. The fourth-order valence-electron chi connectivity index (χ4n) is 1.17. The van der Waals surface area contributed by atoms with Gasteiger partial charge >= 0.3 is 21.1 Å². The summed E-state index contributed by atoms with van der Waals surface area (Å²) in [6.45, 7) is 4.47. The molecule has 19 heavy (non-hydrogen) atoms. The van der Waals surface area contributed by atoms with Crippen LogP contribution in [0.4, 0.5) is 26.3 Å². The second-order valence-electron chi connectivity index (χ2n) is 3.97. The van der Waals surface area contributed by atoms with E-state index in [0.29, 0.717) is 0 Å². The maximum Gasteiger partial charge on any atom is 0.510 e. The molecule has 116 valence electrons. The van der Waals surface area contributed by atoms with E-state index < -0.39 is 33.0 Å². The van der Waals surface area contributed by atoms with Crippen molar-refractivity contribution in [2.75, 3.05) is 6.61 Å². The van der Waals surface area contributed by atoms with Crippen LogP contribution in [0.2, 0.25) is 5.54 Å². The summed E-state index contributed by atoms with van der Waals surface area (Å²) in [6.07, 6.45) is -13.5. The Balaban J connectivity index is 5.35. The first-order valence-corrected chi connectivity index (χ1v) is 7.28. The highest BCUT2D eigenvalue weighted by atomic mass is 28.4. The molecule has 0 saturated carbocycles. The van der Waals surface area contributed by atoms with Crippen LogP contribution >= 0.6 is 0 Å². The summed E-state index contributed by atoms with van der Waals surface area (Å²) in [4.78, 5) is 0. The van der Waals surface area contributed by atoms with Gasteiger partial charge in [-0.2, -0.15) is 22.0 Å². The molecule has 0 saturated heterocycles. The second-order valence-corrected chi connectivity index (χ2v) is 7.06. The van der Waals surface area contributed by atoms with Crippen LogP contribution in [0, 0.1) is 0 Å². The Hall–Kier alpha value is -0.323. The minimum Gasteiger partial charge on any atom is -0.373 e. The highest BCUT2D eigenvalue weighted by molar-refractivity contribution is 6.62. The van der Waals surface area contributed by atoms with Crippen molar-refractivity contribution in [1.82, 2.24) is 0 Å². The Bertz CT molecular complexity index is 284. The number of halogens is 6. The Kier molecular flexibility index (Phi) is 6.31. The van der Waals surface area contributed by atoms with Gasteiger partial charge in [-0.3, -0.25) is 0 Å². The molecule has 0 aliphatic heterocycles. The minimum atomic E-state index is -5.93. The summed E-state index contributed by atoms with van der Waals surface area (Å²) in [7, 11) is -4.53. The topological polar surface area (TPSA) is 27.7 Å². The molecule has 2 unspecified atom stereocenters. The largest absolute Gasteiger partial charge is 0.510 e. The van der Waals surface area contributed by atoms with Crippen molar-refractivity contribution in [2.45, 2.75) is 51.9 Å². The lowest BCUT2D eigenvalue weighted by Gasteiger charge is -2.36. The summed E-state index contributed by atoms with van der Waals surface area (Å²) in [5.74, 6) is 0. The smallest absolute Gasteiger partial charge is 0.373 e. The fourth-order valence-corrected chi connectivity index (χ4v) is 3.52. The van der Waals surface area contributed by atoms with E-state index in [9.17, 15) is 26.3 Å². The minimum absolute atomic E-state index is 0.245. The van der Waals surface area contributed by atoms with Gasteiger partial charge in [0, 0.05) is 12.1 Å². The highest BCUT2D eigenvalue weighted by Crippen LogP contribution is 2.41. The van der Waals surface area contributed by atoms with Crippen molar-refractivity contribution in [3.63, 3.8) is 0 Å². The predicted octanol–water partition coefficient (Wildman–Crippen LogP) is 3.88. The SMILES string of the molecule is CCO[Si](OC(C)F)(OC(F)(F)C(F)(F)F)C(C)C. The van der Waals surface area contributed by atoms with Gasteiger partial charge in [0.15, 0.2) is 6.36 Å². The zero-order valence-electron chi connectivity index (χ0n) is 10.9. The van der Waals surface area contributed by atoms with E-state index in [1.807, 2.05) is 0 Å². The van der Waals surface area contributed by atoms with E-state index in [1.54, 1.807) is 0 Å². The van der Waals surface area contributed by atoms with Crippen molar-refractivity contribution in [2.24, 2.45) is 0 Å². The molecule has 3 nitrogen and oxygen atoms in total.